The average Bonchev–Trinajstić information content (AvgIpc) is 2.91. The minimum absolute atomic E-state index is 0.00727. The van der Waals surface area contributed by atoms with Crippen LogP contribution in [0.2, 0.25) is 0 Å². The van der Waals surface area contributed by atoms with E-state index >= 15 is 0 Å². The van der Waals surface area contributed by atoms with E-state index in [0.29, 0.717) is 5.69 Å². The minimum atomic E-state index is -1.05. The second-order valence-electron chi connectivity index (χ2n) is 3.94. The summed E-state index contributed by atoms with van der Waals surface area (Å²) in [5.41, 5.74) is 3.12. The van der Waals surface area contributed by atoms with Crippen molar-refractivity contribution in [2.75, 3.05) is 0 Å². The van der Waals surface area contributed by atoms with Gasteiger partial charge in [-0.25, -0.2) is 4.79 Å². The Morgan fingerprint density at radius 2 is 2.11 bits per heavy atom. The number of para-hydroxylation sites is 1. The van der Waals surface area contributed by atoms with Crippen molar-refractivity contribution in [1.29, 1.82) is 0 Å². The standard InChI is InChI=1S/C12H9N3O2S/c1-6-9(7-4-2-3-5-8(7)13-6)10-11(12(16)17)15-18-14-10/h2-5,13H,1H3,(H,16,17). The van der Waals surface area contributed by atoms with Gasteiger partial charge in [0, 0.05) is 22.2 Å². The summed E-state index contributed by atoms with van der Waals surface area (Å²) in [5.74, 6) is -1.05. The predicted octanol–water partition coefficient (Wildman–Crippen LogP) is 2.69. The lowest BCUT2D eigenvalue weighted by molar-refractivity contribution is 0.0692. The van der Waals surface area contributed by atoms with Crippen LogP contribution in [-0.2, 0) is 0 Å². The topological polar surface area (TPSA) is 78.9 Å². The fraction of sp³-hybridized carbons (Fsp3) is 0.0833. The number of aromatic carboxylic acids is 1. The zero-order valence-electron chi connectivity index (χ0n) is 9.47. The molecule has 6 heteroatoms. The molecule has 90 valence electrons. The number of aromatic amines is 1. The molecular formula is C12H9N3O2S. The first-order valence-corrected chi connectivity index (χ1v) is 6.05. The molecule has 0 bridgehead atoms. The molecule has 0 amide bonds. The van der Waals surface area contributed by atoms with E-state index < -0.39 is 5.97 Å². The van der Waals surface area contributed by atoms with E-state index in [0.717, 1.165) is 33.9 Å². The molecule has 0 aliphatic rings. The maximum Gasteiger partial charge on any atom is 0.357 e. The van der Waals surface area contributed by atoms with Crippen molar-refractivity contribution >= 4 is 28.6 Å². The van der Waals surface area contributed by atoms with Crippen LogP contribution in [0.5, 0.6) is 0 Å². The molecule has 3 aromatic rings. The zero-order valence-corrected chi connectivity index (χ0v) is 10.3. The summed E-state index contributed by atoms with van der Waals surface area (Å²) in [7, 11) is 0. The number of fused-ring (bicyclic) bond motifs is 1. The number of hydrogen-bond acceptors (Lipinski definition) is 4. The van der Waals surface area contributed by atoms with Crippen LogP contribution in [0, 0.1) is 6.92 Å². The summed E-state index contributed by atoms with van der Waals surface area (Å²) < 4.78 is 7.96. The van der Waals surface area contributed by atoms with Crippen LogP contribution in [-0.4, -0.2) is 24.8 Å². The van der Waals surface area contributed by atoms with Gasteiger partial charge in [-0.1, -0.05) is 18.2 Å². The molecule has 0 radical (unpaired) electrons. The largest absolute Gasteiger partial charge is 0.476 e. The summed E-state index contributed by atoms with van der Waals surface area (Å²) in [6, 6.07) is 7.74. The Hall–Kier alpha value is -2.21. The highest BCUT2D eigenvalue weighted by Gasteiger charge is 2.21. The fourth-order valence-electron chi connectivity index (χ4n) is 2.07. The normalized spacial score (nSPS) is 10.9. The SMILES string of the molecule is Cc1[nH]c2ccccc2c1-c1nsnc1C(=O)O. The number of carbonyl (C=O) groups is 1. The smallest absolute Gasteiger partial charge is 0.357 e. The predicted molar refractivity (Wildman–Crippen MR) is 68.9 cm³/mol. The van der Waals surface area contributed by atoms with Crippen molar-refractivity contribution in [1.82, 2.24) is 13.7 Å². The third kappa shape index (κ3) is 1.50. The molecule has 3 rings (SSSR count). The molecule has 0 unspecified atom stereocenters. The summed E-state index contributed by atoms with van der Waals surface area (Å²) >= 11 is 0.915. The number of carboxylic acid groups (broad SMARTS) is 1. The lowest BCUT2D eigenvalue weighted by atomic mass is 10.1. The van der Waals surface area contributed by atoms with Crippen LogP contribution in [0.3, 0.4) is 0 Å². The number of nitrogens with zero attached hydrogens (tertiary/aromatic N) is 2. The van der Waals surface area contributed by atoms with Crippen LogP contribution >= 0.6 is 11.7 Å². The number of carboxylic acids is 1. The molecule has 0 atom stereocenters. The highest BCUT2D eigenvalue weighted by molar-refractivity contribution is 6.99. The third-order valence-electron chi connectivity index (χ3n) is 2.82. The number of aryl methyl sites for hydroxylation is 1. The van der Waals surface area contributed by atoms with Gasteiger partial charge in [-0.05, 0) is 13.0 Å². The van der Waals surface area contributed by atoms with Crippen molar-refractivity contribution in [3.05, 3.63) is 35.7 Å². The molecule has 2 N–H and O–H groups in total. The van der Waals surface area contributed by atoms with Gasteiger partial charge in [0.05, 0.1) is 11.7 Å². The third-order valence-corrected chi connectivity index (χ3v) is 3.35. The Bertz CT molecular complexity index is 745. The van der Waals surface area contributed by atoms with Crippen LogP contribution in [0.4, 0.5) is 0 Å². The highest BCUT2D eigenvalue weighted by atomic mass is 32.1. The Morgan fingerprint density at radius 1 is 1.33 bits per heavy atom. The molecule has 0 saturated carbocycles. The number of rotatable bonds is 2. The van der Waals surface area contributed by atoms with Gasteiger partial charge in [-0.3, -0.25) is 0 Å². The molecule has 0 aliphatic heterocycles. The van der Waals surface area contributed by atoms with Gasteiger partial charge in [0.1, 0.15) is 5.69 Å². The van der Waals surface area contributed by atoms with Gasteiger partial charge >= 0.3 is 5.97 Å². The zero-order chi connectivity index (χ0) is 12.7. The maximum absolute atomic E-state index is 11.1. The van der Waals surface area contributed by atoms with E-state index in [9.17, 15) is 4.79 Å². The van der Waals surface area contributed by atoms with Crippen molar-refractivity contribution in [2.45, 2.75) is 6.92 Å². The van der Waals surface area contributed by atoms with E-state index in [1.165, 1.54) is 0 Å². The molecule has 18 heavy (non-hydrogen) atoms. The molecule has 0 fully saturated rings. The second-order valence-corrected chi connectivity index (χ2v) is 4.47. The summed E-state index contributed by atoms with van der Waals surface area (Å²) in [6.07, 6.45) is 0. The Kier molecular flexibility index (Phi) is 2.38. The average molecular weight is 259 g/mol. The quantitative estimate of drug-likeness (QED) is 0.741. The minimum Gasteiger partial charge on any atom is -0.476 e. The molecule has 0 spiro atoms. The van der Waals surface area contributed by atoms with Gasteiger partial charge in [-0.2, -0.15) is 8.75 Å². The van der Waals surface area contributed by atoms with Crippen LogP contribution < -0.4 is 0 Å². The molecule has 0 saturated heterocycles. The van der Waals surface area contributed by atoms with Crippen LogP contribution in [0.1, 0.15) is 16.2 Å². The summed E-state index contributed by atoms with van der Waals surface area (Å²) in [6.45, 7) is 1.90. The summed E-state index contributed by atoms with van der Waals surface area (Å²) in [4.78, 5) is 14.3. The van der Waals surface area contributed by atoms with Gasteiger partial charge in [0.2, 0.25) is 0 Å². The number of aromatic nitrogens is 3. The van der Waals surface area contributed by atoms with E-state index in [-0.39, 0.29) is 5.69 Å². The van der Waals surface area contributed by atoms with Crippen molar-refractivity contribution in [3.63, 3.8) is 0 Å². The van der Waals surface area contributed by atoms with Crippen molar-refractivity contribution in [2.24, 2.45) is 0 Å². The second kappa shape index (κ2) is 3.92. The van der Waals surface area contributed by atoms with Crippen LogP contribution in [0.25, 0.3) is 22.2 Å². The fourth-order valence-corrected chi connectivity index (χ4v) is 2.62. The Balaban J connectivity index is 2.34. The number of hydrogen-bond donors (Lipinski definition) is 2. The maximum atomic E-state index is 11.1. The van der Waals surface area contributed by atoms with E-state index in [1.807, 2.05) is 31.2 Å². The lowest BCUT2D eigenvalue weighted by Crippen LogP contribution is -1.99. The Morgan fingerprint density at radius 3 is 2.89 bits per heavy atom. The van der Waals surface area contributed by atoms with E-state index in [4.69, 9.17) is 5.11 Å². The first-order valence-electron chi connectivity index (χ1n) is 5.32. The molecule has 1 aromatic carbocycles. The molecular weight excluding hydrogens is 250 g/mol. The van der Waals surface area contributed by atoms with Crippen LogP contribution in [0.15, 0.2) is 24.3 Å². The molecule has 0 aliphatic carbocycles. The first-order chi connectivity index (χ1) is 8.68. The first kappa shape index (κ1) is 10.9. The number of H-pyrrole nitrogens is 1. The summed E-state index contributed by atoms with van der Waals surface area (Å²) in [5, 5.41) is 10.1. The van der Waals surface area contributed by atoms with Gasteiger partial charge in [0.15, 0.2) is 5.69 Å². The monoisotopic (exact) mass is 259 g/mol. The Labute approximate surface area is 106 Å². The molecule has 2 aromatic heterocycles. The van der Waals surface area contributed by atoms with Crippen molar-refractivity contribution in [3.8, 4) is 11.3 Å². The van der Waals surface area contributed by atoms with E-state index in [2.05, 4.69) is 13.7 Å². The number of benzene rings is 1. The van der Waals surface area contributed by atoms with Gasteiger partial charge in [0.25, 0.3) is 0 Å². The highest BCUT2D eigenvalue weighted by Crippen LogP contribution is 2.32. The molecule has 2 heterocycles. The van der Waals surface area contributed by atoms with Crippen molar-refractivity contribution < 1.29 is 9.90 Å². The van der Waals surface area contributed by atoms with Gasteiger partial charge in [-0.15, -0.1) is 0 Å². The van der Waals surface area contributed by atoms with E-state index in [1.54, 1.807) is 0 Å². The van der Waals surface area contributed by atoms with Gasteiger partial charge < -0.3 is 10.1 Å². The number of nitrogens with one attached hydrogen (secondary N) is 1. The lowest BCUT2D eigenvalue weighted by Gasteiger charge is -1.97. The molecule has 5 nitrogen and oxygen atoms in total.